The van der Waals surface area contributed by atoms with Crippen LogP contribution in [0.5, 0.6) is 0 Å². The number of para-hydroxylation sites is 1. The first-order chi connectivity index (χ1) is 9.24. The number of nitrogens with one attached hydrogen (secondary N) is 1. The van der Waals surface area contributed by atoms with Gasteiger partial charge in [-0.25, -0.2) is 0 Å². The van der Waals surface area contributed by atoms with Gasteiger partial charge in [0.25, 0.3) is 0 Å². The van der Waals surface area contributed by atoms with E-state index in [4.69, 9.17) is 24.4 Å². The van der Waals surface area contributed by atoms with Gasteiger partial charge in [-0.05, 0) is 12.1 Å². The fraction of sp³-hybridized carbons (Fsp3) is 0.0833. The van der Waals surface area contributed by atoms with Crippen LogP contribution in [0.25, 0.3) is 10.9 Å². The molecule has 94 valence electrons. The lowest BCUT2D eigenvalue weighted by Crippen LogP contribution is -2.20. The van der Waals surface area contributed by atoms with E-state index in [2.05, 4.69) is 20.5 Å². The maximum atomic E-state index is 5.14. The molecule has 1 N–H and O–H groups in total. The molecule has 1 aromatic carbocycles. The molecule has 19 heavy (non-hydrogen) atoms. The molecule has 1 unspecified atom stereocenters. The second kappa shape index (κ2) is 5.28. The first-order valence-electron chi connectivity index (χ1n) is 5.50. The Morgan fingerprint density at radius 2 is 2.05 bits per heavy atom. The van der Waals surface area contributed by atoms with Crippen molar-refractivity contribution in [3.05, 3.63) is 36.5 Å². The van der Waals surface area contributed by atoms with E-state index in [9.17, 15) is 0 Å². The van der Waals surface area contributed by atoms with Gasteiger partial charge >= 0.3 is 0 Å². The molecule has 0 amide bonds. The van der Waals surface area contributed by atoms with Gasteiger partial charge in [0.15, 0.2) is 5.37 Å². The second-order valence-electron chi connectivity index (χ2n) is 3.81. The predicted molar refractivity (Wildman–Crippen MR) is 86.0 cm³/mol. The number of hydrogen-bond donors (Lipinski definition) is 1. The van der Waals surface area contributed by atoms with Crippen LogP contribution in [-0.4, -0.2) is 19.7 Å². The molecule has 1 aliphatic rings. The van der Waals surface area contributed by atoms with E-state index in [0.29, 0.717) is 9.31 Å². The summed E-state index contributed by atoms with van der Waals surface area (Å²) < 4.78 is 0.644. The number of hydrogen-bond acceptors (Lipinski definition) is 6. The van der Waals surface area contributed by atoms with Crippen LogP contribution in [0, 0.1) is 0 Å². The fourth-order valence-corrected chi connectivity index (χ4v) is 3.14. The molecule has 3 rings (SSSR count). The summed E-state index contributed by atoms with van der Waals surface area (Å²) in [6.07, 6.45) is 1.74. The van der Waals surface area contributed by atoms with Crippen molar-refractivity contribution in [2.24, 2.45) is 10.2 Å². The highest BCUT2D eigenvalue weighted by Crippen LogP contribution is 2.27. The molecule has 0 radical (unpaired) electrons. The largest absolute Gasteiger partial charge is 0.333 e. The van der Waals surface area contributed by atoms with E-state index in [1.54, 1.807) is 6.20 Å². The lowest BCUT2D eigenvalue weighted by atomic mass is 10.2. The Kier molecular flexibility index (Phi) is 3.50. The summed E-state index contributed by atoms with van der Waals surface area (Å²) in [7, 11) is 0. The summed E-state index contributed by atoms with van der Waals surface area (Å²) in [5, 5.41) is 12.2. The third-order valence-corrected chi connectivity index (χ3v) is 4.28. The molecule has 0 spiro atoms. The Balaban J connectivity index is 1.93. The van der Waals surface area contributed by atoms with Gasteiger partial charge in [0.05, 0.1) is 5.52 Å². The second-order valence-corrected chi connectivity index (χ2v) is 6.01. The number of thioether (sulfide) groups is 1. The van der Waals surface area contributed by atoms with Crippen molar-refractivity contribution in [1.82, 2.24) is 10.3 Å². The molecule has 2 aromatic rings. The number of fused-ring (bicyclic) bond motifs is 1. The molecule has 0 bridgehead atoms. The van der Waals surface area contributed by atoms with Crippen LogP contribution in [0.2, 0.25) is 0 Å². The number of thiocarbonyl (C=S) groups is 2. The summed E-state index contributed by atoms with van der Waals surface area (Å²) in [4.78, 5) is 4.93. The molecule has 1 fully saturated rings. The number of rotatable bonds is 2. The Labute approximate surface area is 124 Å². The van der Waals surface area contributed by atoms with E-state index in [0.717, 1.165) is 16.6 Å². The quantitative estimate of drug-likeness (QED) is 0.678. The summed E-state index contributed by atoms with van der Waals surface area (Å²) in [5.41, 5.74) is 1.57. The predicted octanol–water partition coefficient (Wildman–Crippen LogP) is 3.59. The van der Waals surface area contributed by atoms with Gasteiger partial charge in [0.1, 0.15) is 15.0 Å². The molecule has 0 aliphatic carbocycles. The Morgan fingerprint density at radius 1 is 1.21 bits per heavy atom. The minimum atomic E-state index is -0.235. The minimum absolute atomic E-state index is 0.235. The molecule has 1 aliphatic heterocycles. The Bertz CT molecular complexity index is 693. The van der Waals surface area contributed by atoms with Crippen molar-refractivity contribution >= 4 is 62.1 Å². The maximum absolute atomic E-state index is 5.14. The van der Waals surface area contributed by atoms with Gasteiger partial charge in [0.2, 0.25) is 0 Å². The highest BCUT2D eigenvalue weighted by Gasteiger charge is 2.25. The third-order valence-electron chi connectivity index (χ3n) is 2.55. The van der Waals surface area contributed by atoms with Crippen LogP contribution in [-0.2, 0) is 0 Å². The first kappa shape index (κ1) is 12.6. The smallest absolute Gasteiger partial charge is 0.173 e. The monoisotopic (exact) mass is 304 g/mol. The molecule has 1 aromatic heterocycles. The standard InChI is InChI=1S/C12H8N4S3/c17-10-11(19-12(18)14-10)16-15-8-5-1-3-7-4-2-6-13-9(7)8/h1-6,11H,(H,14,17,18). The van der Waals surface area contributed by atoms with Crippen molar-refractivity contribution in [1.29, 1.82) is 0 Å². The van der Waals surface area contributed by atoms with Crippen molar-refractivity contribution in [3.8, 4) is 0 Å². The molecule has 1 saturated heterocycles. The summed E-state index contributed by atoms with van der Waals surface area (Å²) in [5.74, 6) is 0. The minimum Gasteiger partial charge on any atom is -0.333 e. The number of azo groups is 1. The normalized spacial score (nSPS) is 19.3. The van der Waals surface area contributed by atoms with Crippen LogP contribution < -0.4 is 5.32 Å². The fourth-order valence-electron chi connectivity index (χ4n) is 1.71. The van der Waals surface area contributed by atoms with Crippen LogP contribution in [0.4, 0.5) is 5.69 Å². The maximum Gasteiger partial charge on any atom is 0.173 e. The molecular formula is C12H8N4S3. The van der Waals surface area contributed by atoms with Crippen LogP contribution >= 0.6 is 36.2 Å². The average molecular weight is 304 g/mol. The van der Waals surface area contributed by atoms with Crippen molar-refractivity contribution in [3.63, 3.8) is 0 Å². The van der Waals surface area contributed by atoms with E-state index < -0.39 is 0 Å². The highest BCUT2D eigenvalue weighted by molar-refractivity contribution is 8.25. The van der Waals surface area contributed by atoms with E-state index >= 15 is 0 Å². The molecular weight excluding hydrogens is 296 g/mol. The van der Waals surface area contributed by atoms with Gasteiger partial charge in [0, 0.05) is 11.6 Å². The van der Waals surface area contributed by atoms with Gasteiger partial charge < -0.3 is 5.32 Å². The Hall–Kier alpha value is -1.44. The highest BCUT2D eigenvalue weighted by atomic mass is 32.2. The van der Waals surface area contributed by atoms with Crippen LogP contribution in [0.15, 0.2) is 46.8 Å². The molecule has 7 heteroatoms. The molecule has 1 atom stereocenters. The van der Waals surface area contributed by atoms with Crippen molar-refractivity contribution in [2.75, 3.05) is 0 Å². The van der Waals surface area contributed by atoms with E-state index in [-0.39, 0.29) is 5.37 Å². The third kappa shape index (κ3) is 2.63. The number of nitrogens with zero attached hydrogens (tertiary/aromatic N) is 3. The topological polar surface area (TPSA) is 49.6 Å². The Morgan fingerprint density at radius 3 is 2.84 bits per heavy atom. The van der Waals surface area contributed by atoms with E-state index in [1.165, 1.54) is 11.8 Å². The lowest BCUT2D eigenvalue weighted by molar-refractivity contribution is 1.05. The van der Waals surface area contributed by atoms with E-state index in [1.807, 2.05) is 30.3 Å². The molecule has 0 saturated carbocycles. The number of aromatic nitrogens is 1. The zero-order valence-corrected chi connectivity index (χ0v) is 12.1. The zero-order chi connectivity index (χ0) is 13.2. The average Bonchev–Trinajstić information content (AvgIpc) is 2.74. The lowest BCUT2D eigenvalue weighted by Gasteiger charge is -2.01. The molecule has 2 heterocycles. The van der Waals surface area contributed by atoms with Gasteiger partial charge in [-0.2, -0.15) is 10.2 Å². The van der Waals surface area contributed by atoms with Gasteiger partial charge in [-0.1, -0.05) is 54.4 Å². The molecule has 4 nitrogen and oxygen atoms in total. The zero-order valence-electron chi connectivity index (χ0n) is 9.61. The van der Waals surface area contributed by atoms with Crippen LogP contribution in [0.3, 0.4) is 0 Å². The van der Waals surface area contributed by atoms with Gasteiger partial charge in [-0.3, -0.25) is 4.98 Å². The summed E-state index contributed by atoms with van der Waals surface area (Å²) >= 11 is 11.6. The summed E-state index contributed by atoms with van der Waals surface area (Å²) in [6.45, 7) is 0. The summed E-state index contributed by atoms with van der Waals surface area (Å²) in [6, 6.07) is 9.70. The van der Waals surface area contributed by atoms with Crippen molar-refractivity contribution in [2.45, 2.75) is 5.37 Å². The van der Waals surface area contributed by atoms with Crippen molar-refractivity contribution < 1.29 is 0 Å². The number of benzene rings is 1. The SMILES string of the molecule is S=C1NC(=S)C(N=Nc2cccc3cccnc23)S1. The van der Waals surface area contributed by atoms with Crippen LogP contribution in [0.1, 0.15) is 0 Å². The van der Waals surface area contributed by atoms with Gasteiger partial charge in [-0.15, -0.1) is 0 Å². The first-order valence-corrected chi connectivity index (χ1v) is 7.20. The number of pyridine rings is 1.